The van der Waals surface area contributed by atoms with Gasteiger partial charge in [0.15, 0.2) is 0 Å². The highest BCUT2D eigenvalue weighted by Crippen LogP contribution is 2.42. The summed E-state index contributed by atoms with van der Waals surface area (Å²) in [5.74, 6) is 0. The Kier molecular flexibility index (Phi) is 4.36. The number of aryl methyl sites for hydroxylation is 1. The number of para-hydroxylation sites is 1. The van der Waals surface area contributed by atoms with Crippen molar-refractivity contribution in [3.8, 4) is 16.5 Å². The Balaban J connectivity index is 1.97. The number of fused-ring (bicyclic) bond motifs is 3. The molecule has 2 aromatic heterocycles. The van der Waals surface area contributed by atoms with Crippen molar-refractivity contribution in [2.75, 3.05) is 5.73 Å². The van der Waals surface area contributed by atoms with Gasteiger partial charge in [0.05, 0.1) is 27.2 Å². The molecule has 31 heavy (non-hydrogen) atoms. The highest BCUT2D eigenvalue weighted by Gasteiger charge is 2.26. The molecule has 0 saturated heterocycles. The minimum absolute atomic E-state index is 0.196. The van der Waals surface area contributed by atoms with Gasteiger partial charge in [-0.25, -0.2) is 12.4 Å². The van der Waals surface area contributed by atoms with Crippen molar-refractivity contribution in [1.29, 1.82) is 5.26 Å². The molecule has 5 aromatic rings. The summed E-state index contributed by atoms with van der Waals surface area (Å²) >= 11 is 1.48. The summed E-state index contributed by atoms with van der Waals surface area (Å²) in [6.45, 7) is 1.91. The third kappa shape index (κ3) is 2.84. The molecule has 2 heterocycles. The number of nitrogens with zero attached hydrogens (tertiary/aromatic N) is 2. The molecule has 3 aromatic carbocycles. The molecule has 0 aliphatic heterocycles. The molecule has 152 valence electrons. The fraction of sp³-hybridized carbons (Fsp3) is 0.0417. The maximum atomic E-state index is 13.8. The zero-order chi connectivity index (χ0) is 21.8. The minimum Gasteiger partial charge on any atom is -0.397 e. The number of nitrogens with two attached hydrogens (primary N) is 1. The van der Waals surface area contributed by atoms with E-state index in [-0.39, 0.29) is 10.6 Å². The van der Waals surface area contributed by atoms with Crippen LogP contribution >= 0.6 is 11.3 Å². The molecule has 0 atom stereocenters. The Morgan fingerprint density at radius 2 is 1.74 bits per heavy atom. The van der Waals surface area contributed by atoms with Gasteiger partial charge < -0.3 is 5.73 Å². The van der Waals surface area contributed by atoms with Crippen molar-refractivity contribution >= 4 is 48.9 Å². The van der Waals surface area contributed by atoms with E-state index in [1.165, 1.54) is 15.3 Å². The Hall–Kier alpha value is -3.60. The van der Waals surface area contributed by atoms with Crippen molar-refractivity contribution in [2.45, 2.75) is 11.8 Å². The van der Waals surface area contributed by atoms with E-state index in [9.17, 15) is 13.7 Å². The number of hydrogen-bond donors (Lipinski definition) is 1. The van der Waals surface area contributed by atoms with Crippen LogP contribution in [0.5, 0.6) is 0 Å². The van der Waals surface area contributed by atoms with Crippen LogP contribution < -0.4 is 5.73 Å². The number of nitrogen functional groups attached to an aromatic ring is 1. The number of anilines is 1. The summed E-state index contributed by atoms with van der Waals surface area (Å²) < 4.78 is 28.9. The van der Waals surface area contributed by atoms with E-state index >= 15 is 0 Å². The van der Waals surface area contributed by atoms with Gasteiger partial charge >= 0.3 is 0 Å². The average Bonchev–Trinajstić information content (AvgIpc) is 3.40. The van der Waals surface area contributed by atoms with Crippen LogP contribution in [-0.4, -0.2) is 12.4 Å². The Bertz CT molecular complexity index is 1610. The number of hydrogen-bond acceptors (Lipinski definition) is 5. The number of nitriles is 1. The molecule has 0 fully saturated rings. The van der Waals surface area contributed by atoms with E-state index in [0.29, 0.717) is 32.9 Å². The van der Waals surface area contributed by atoms with Crippen molar-refractivity contribution in [2.24, 2.45) is 0 Å². The van der Waals surface area contributed by atoms with Crippen molar-refractivity contribution < 1.29 is 8.42 Å². The van der Waals surface area contributed by atoms with Gasteiger partial charge in [-0.1, -0.05) is 42.0 Å². The fourth-order valence-corrected chi connectivity index (χ4v) is 6.21. The zero-order valence-corrected chi connectivity index (χ0v) is 18.2. The monoisotopic (exact) mass is 443 g/mol. The first-order valence-electron chi connectivity index (χ1n) is 9.55. The molecule has 0 saturated carbocycles. The van der Waals surface area contributed by atoms with Crippen molar-refractivity contribution in [3.05, 3.63) is 83.2 Å². The van der Waals surface area contributed by atoms with E-state index < -0.39 is 10.0 Å². The molecule has 0 unspecified atom stereocenters. The summed E-state index contributed by atoms with van der Waals surface area (Å²) in [7, 11) is -3.91. The smallest absolute Gasteiger partial charge is 0.268 e. The highest BCUT2D eigenvalue weighted by atomic mass is 32.2. The largest absolute Gasteiger partial charge is 0.397 e. The number of thiophene rings is 1. The molecule has 2 N–H and O–H groups in total. The van der Waals surface area contributed by atoms with E-state index in [1.54, 1.807) is 42.5 Å². The van der Waals surface area contributed by atoms with Crippen LogP contribution in [0.15, 0.2) is 77.0 Å². The molecule has 0 bridgehead atoms. The normalized spacial score (nSPS) is 11.7. The van der Waals surface area contributed by atoms with E-state index in [0.717, 1.165) is 10.4 Å². The summed E-state index contributed by atoms with van der Waals surface area (Å²) in [5, 5.41) is 13.0. The summed E-state index contributed by atoms with van der Waals surface area (Å²) in [5.41, 5.74) is 9.72. The molecule has 7 heteroatoms. The average molecular weight is 444 g/mol. The lowest BCUT2D eigenvalue weighted by Crippen LogP contribution is -2.13. The Morgan fingerprint density at radius 3 is 2.42 bits per heavy atom. The SMILES string of the molecule is Cc1ccc(S(=O)(=O)n2c3ccccc3c3c(N)c(C#N)c(-c4cccs4)cc32)cc1. The van der Waals surface area contributed by atoms with E-state index in [1.807, 2.05) is 36.6 Å². The van der Waals surface area contributed by atoms with Crippen molar-refractivity contribution in [3.63, 3.8) is 0 Å². The van der Waals surface area contributed by atoms with Gasteiger partial charge in [-0.15, -0.1) is 11.3 Å². The number of benzene rings is 3. The summed E-state index contributed by atoms with van der Waals surface area (Å²) in [4.78, 5) is 1.05. The maximum Gasteiger partial charge on any atom is 0.268 e. The Morgan fingerprint density at radius 1 is 1.00 bits per heavy atom. The second-order valence-electron chi connectivity index (χ2n) is 7.30. The van der Waals surface area contributed by atoms with Crippen LogP contribution in [0.4, 0.5) is 5.69 Å². The van der Waals surface area contributed by atoms with Crippen LogP contribution in [0, 0.1) is 18.3 Å². The second-order valence-corrected chi connectivity index (χ2v) is 10.0. The van der Waals surface area contributed by atoms with Crippen LogP contribution in [0.1, 0.15) is 11.1 Å². The predicted octanol–water partition coefficient (Wildman–Crippen LogP) is 5.52. The third-order valence-corrected chi connectivity index (χ3v) is 8.06. The molecule has 0 spiro atoms. The van der Waals surface area contributed by atoms with Gasteiger partial charge in [0.2, 0.25) is 0 Å². The number of rotatable bonds is 3. The molecular weight excluding hydrogens is 426 g/mol. The lowest BCUT2D eigenvalue weighted by atomic mass is 10.00. The molecule has 5 nitrogen and oxygen atoms in total. The van der Waals surface area contributed by atoms with Gasteiger partial charge in [-0.2, -0.15) is 5.26 Å². The van der Waals surface area contributed by atoms with Crippen LogP contribution in [0.3, 0.4) is 0 Å². The molecule has 0 radical (unpaired) electrons. The van der Waals surface area contributed by atoms with Crippen molar-refractivity contribution in [1.82, 2.24) is 3.97 Å². The second kappa shape index (κ2) is 6.98. The van der Waals surface area contributed by atoms with Crippen LogP contribution in [-0.2, 0) is 10.0 Å². The quantitative estimate of drug-likeness (QED) is 0.372. The topological polar surface area (TPSA) is 88.9 Å². The lowest BCUT2D eigenvalue weighted by Gasteiger charge is -2.12. The maximum absolute atomic E-state index is 13.8. The molecule has 0 amide bonds. The van der Waals surface area contributed by atoms with Gasteiger partial charge in [-0.3, -0.25) is 0 Å². The fourth-order valence-electron chi connectivity index (χ4n) is 3.95. The minimum atomic E-state index is -3.91. The first-order valence-corrected chi connectivity index (χ1v) is 11.9. The molecule has 0 aliphatic carbocycles. The number of aromatic nitrogens is 1. The zero-order valence-electron chi connectivity index (χ0n) is 16.5. The Labute approximate surface area is 183 Å². The first-order chi connectivity index (χ1) is 14.9. The van der Waals surface area contributed by atoms with E-state index in [4.69, 9.17) is 5.73 Å². The van der Waals surface area contributed by atoms with Crippen LogP contribution in [0.2, 0.25) is 0 Å². The highest BCUT2D eigenvalue weighted by molar-refractivity contribution is 7.90. The van der Waals surface area contributed by atoms with Gasteiger partial charge in [-0.05, 0) is 42.6 Å². The van der Waals surface area contributed by atoms with Gasteiger partial charge in [0.1, 0.15) is 6.07 Å². The first kappa shape index (κ1) is 19.4. The van der Waals surface area contributed by atoms with Crippen LogP contribution in [0.25, 0.3) is 32.2 Å². The standard InChI is InChI=1S/C24H17N3O2S2/c1-15-8-10-16(11-9-15)31(28,29)27-20-6-3-2-5-17(20)23-21(27)13-18(19(14-25)24(23)26)22-7-4-12-30-22/h2-13H,26H2,1H3. The summed E-state index contributed by atoms with van der Waals surface area (Å²) in [6, 6.07) is 21.8. The van der Waals surface area contributed by atoms with Gasteiger partial charge in [0.25, 0.3) is 10.0 Å². The predicted molar refractivity (Wildman–Crippen MR) is 126 cm³/mol. The molecular formula is C24H17N3O2S2. The molecule has 5 rings (SSSR count). The van der Waals surface area contributed by atoms with E-state index in [2.05, 4.69) is 6.07 Å². The lowest BCUT2D eigenvalue weighted by molar-refractivity contribution is 0.590. The van der Waals surface area contributed by atoms with Gasteiger partial charge in [0, 0.05) is 21.2 Å². The molecule has 0 aliphatic rings. The third-order valence-electron chi connectivity index (χ3n) is 5.41. The summed E-state index contributed by atoms with van der Waals surface area (Å²) in [6.07, 6.45) is 0.